The normalized spacial score (nSPS) is 9.64. The Morgan fingerprint density at radius 2 is 2.55 bits per heavy atom. The Kier molecular flexibility index (Phi) is 2.50. The van der Waals surface area contributed by atoms with Crippen molar-refractivity contribution in [1.29, 1.82) is 0 Å². The van der Waals surface area contributed by atoms with Gasteiger partial charge < -0.3 is 0 Å². The van der Waals surface area contributed by atoms with E-state index >= 15 is 0 Å². The van der Waals surface area contributed by atoms with Gasteiger partial charge in [0, 0.05) is 7.05 Å². The fraction of sp³-hybridized carbons (Fsp3) is 0.400. The van der Waals surface area contributed by atoms with Crippen molar-refractivity contribution in [2.24, 2.45) is 0 Å². The molecule has 0 aliphatic rings. The van der Waals surface area contributed by atoms with Crippen LogP contribution >= 0.6 is 11.5 Å². The number of hydroxylamine groups is 2. The molecule has 0 spiro atoms. The average Bonchev–Trinajstić information content (AvgIpc) is 2.53. The van der Waals surface area contributed by atoms with Gasteiger partial charge in [0.05, 0.1) is 13.3 Å². The lowest BCUT2D eigenvalue weighted by atomic mass is 10.5. The van der Waals surface area contributed by atoms with Crippen LogP contribution < -0.4 is 0 Å². The zero-order chi connectivity index (χ0) is 8.27. The topological polar surface area (TPSA) is 55.3 Å². The molecule has 1 heterocycles. The molecule has 0 saturated carbocycles. The monoisotopic (exact) mass is 173 g/mol. The Labute approximate surface area is 67.7 Å². The van der Waals surface area contributed by atoms with Gasteiger partial charge in [-0.05, 0) is 11.5 Å². The summed E-state index contributed by atoms with van der Waals surface area (Å²) in [6.45, 7) is 0. The van der Waals surface area contributed by atoms with Crippen molar-refractivity contribution in [1.82, 2.24) is 14.7 Å². The van der Waals surface area contributed by atoms with Gasteiger partial charge >= 0.3 is 0 Å². The second-order valence-electron chi connectivity index (χ2n) is 1.77. The summed E-state index contributed by atoms with van der Waals surface area (Å²) < 4.78 is 3.55. The number of amides is 1. The number of carbonyl (C=O) groups is 1. The first kappa shape index (κ1) is 8.09. The van der Waals surface area contributed by atoms with E-state index in [0.29, 0.717) is 4.88 Å². The molecule has 60 valence electrons. The fourth-order valence-corrected chi connectivity index (χ4v) is 0.983. The molecule has 5 nitrogen and oxygen atoms in total. The highest BCUT2D eigenvalue weighted by Gasteiger charge is 2.12. The number of nitrogens with zero attached hydrogens (tertiary/aromatic N) is 3. The van der Waals surface area contributed by atoms with Gasteiger partial charge in [0.15, 0.2) is 0 Å². The van der Waals surface area contributed by atoms with E-state index in [4.69, 9.17) is 0 Å². The van der Waals surface area contributed by atoms with Gasteiger partial charge in [0.1, 0.15) is 4.88 Å². The van der Waals surface area contributed by atoms with Crippen LogP contribution in [0.15, 0.2) is 6.20 Å². The second-order valence-corrected chi connectivity index (χ2v) is 2.55. The van der Waals surface area contributed by atoms with Crippen molar-refractivity contribution < 1.29 is 9.63 Å². The SMILES string of the molecule is CON(C)C(=O)c1cnns1. The smallest absolute Gasteiger partial charge is 0.274 e. The van der Waals surface area contributed by atoms with Gasteiger partial charge in [-0.3, -0.25) is 9.63 Å². The summed E-state index contributed by atoms with van der Waals surface area (Å²) in [7, 11) is 2.95. The van der Waals surface area contributed by atoms with Gasteiger partial charge in [0.2, 0.25) is 0 Å². The first-order chi connectivity index (χ1) is 5.25. The van der Waals surface area contributed by atoms with Crippen LogP contribution in [0.2, 0.25) is 0 Å². The average molecular weight is 173 g/mol. The Morgan fingerprint density at radius 3 is 3.00 bits per heavy atom. The number of hydrogen-bond donors (Lipinski definition) is 0. The highest BCUT2D eigenvalue weighted by molar-refractivity contribution is 7.07. The molecule has 0 aliphatic carbocycles. The predicted molar refractivity (Wildman–Crippen MR) is 39.0 cm³/mol. The third-order valence-corrected chi connectivity index (χ3v) is 1.78. The Hall–Kier alpha value is -1.01. The van der Waals surface area contributed by atoms with E-state index in [1.165, 1.54) is 20.4 Å². The maximum Gasteiger partial charge on any atom is 0.290 e. The van der Waals surface area contributed by atoms with Crippen LogP contribution in [0.1, 0.15) is 9.67 Å². The molecule has 1 rings (SSSR count). The van der Waals surface area contributed by atoms with Crippen molar-refractivity contribution in [3.63, 3.8) is 0 Å². The summed E-state index contributed by atoms with van der Waals surface area (Å²) >= 11 is 1.04. The van der Waals surface area contributed by atoms with E-state index in [1.54, 1.807) is 0 Å². The highest BCUT2D eigenvalue weighted by atomic mass is 32.1. The van der Waals surface area contributed by atoms with Crippen molar-refractivity contribution in [2.75, 3.05) is 14.2 Å². The van der Waals surface area contributed by atoms with Crippen molar-refractivity contribution in [2.45, 2.75) is 0 Å². The highest BCUT2D eigenvalue weighted by Crippen LogP contribution is 2.04. The minimum absolute atomic E-state index is 0.234. The lowest BCUT2D eigenvalue weighted by molar-refractivity contribution is -0.0754. The molecule has 11 heavy (non-hydrogen) atoms. The van der Waals surface area contributed by atoms with Crippen LogP contribution in [0.25, 0.3) is 0 Å². The van der Waals surface area contributed by atoms with E-state index < -0.39 is 0 Å². The van der Waals surface area contributed by atoms with E-state index in [0.717, 1.165) is 16.6 Å². The van der Waals surface area contributed by atoms with Gasteiger partial charge in [0.25, 0.3) is 5.91 Å². The molecule has 1 amide bonds. The third-order valence-electron chi connectivity index (χ3n) is 1.13. The van der Waals surface area contributed by atoms with Crippen molar-refractivity contribution in [3.05, 3.63) is 11.1 Å². The van der Waals surface area contributed by atoms with Gasteiger partial charge in [-0.1, -0.05) is 4.49 Å². The molecule has 0 fully saturated rings. The first-order valence-electron chi connectivity index (χ1n) is 2.85. The van der Waals surface area contributed by atoms with Gasteiger partial charge in [-0.25, -0.2) is 5.06 Å². The van der Waals surface area contributed by atoms with Crippen LogP contribution in [0.3, 0.4) is 0 Å². The molecule has 1 aromatic heterocycles. The molecule has 0 radical (unpaired) electrons. The lowest BCUT2D eigenvalue weighted by Gasteiger charge is -2.10. The molecule has 0 N–H and O–H groups in total. The van der Waals surface area contributed by atoms with Crippen molar-refractivity contribution >= 4 is 17.4 Å². The van der Waals surface area contributed by atoms with Crippen LogP contribution in [0, 0.1) is 0 Å². The summed E-state index contributed by atoms with van der Waals surface area (Å²) in [5, 5.41) is 4.65. The maximum absolute atomic E-state index is 11.2. The number of rotatable bonds is 2. The van der Waals surface area contributed by atoms with Gasteiger partial charge in [-0.15, -0.1) is 5.10 Å². The molecule has 0 atom stereocenters. The summed E-state index contributed by atoms with van der Waals surface area (Å²) in [5.74, 6) is -0.234. The van der Waals surface area contributed by atoms with E-state index in [-0.39, 0.29) is 5.91 Å². The summed E-state index contributed by atoms with van der Waals surface area (Å²) in [6.07, 6.45) is 1.41. The predicted octanol–water partition coefficient (Wildman–Crippen LogP) is 0.171. The number of hydrogen-bond acceptors (Lipinski definition) is 5. The zero-order valence-corrected chi connectivity index (χ0v) is 6.96. The Balaban J connectivity index is 2.70. The molecular formula is C5H7N3O2S. The molecule has 0 aliphatic heterocycles. The second kappa shape index (κ2) is 3.40. The molecule has 1 aromatic rings. The van der Waals surface area contributed by atoms with E-state index in [1.807, 2.05) is 0 Å². The molecule has 0 unspecified atom stereocenters. The zero-order valence-electron chi connectivity index (χ0n) is 6.14. The van der Waals surface area contributed by atoms with Gasteiger partial charge in [-0.2, -0.15) is 0 Å². The number of aromatic nitrogens is 2. The standard InChI is InChI=1S/C5H7N3O2S/c1-8(10-2)5(9)4-3-6-7-11-4/h3H,1-2H3. The quantitative estimate of drug-likeness (QED) is 0.598. The molecule has 0 bridgehead atoms. The minimum Gasteiger partial charge on any atom is -0.274 e. The number of carbonyl (C=O) groups excluding carboxylic acids is 1. The van der Waals surface area contributed by atoms with Crippen LogP contribution in [-0.2, 0) is 4.84 Å². The molecule has 0 aromatic carbocycles. The molecule has 6 heteroatoms. The van der Waals surface area contributed by atoms with Crippen LogP contribution in [-0.4, -0.2) is 34.7 Å². The van der Waals surface area contributed by atoms with E-state index in [2.05, 4.69) is 14.4 Å². The van der Waals surface area contributed by atoms with E-state index in [9.17, 15) is 4.79 Å². The molecule has 0 saturated heterocycles. The molecular weight excluding hydrogens is 166 g/mol. The fourth-order valence-electron chi connectivity index (χ4n) is 0.499. The van der Waals surface area contributed by atoms with Crippen LogP contribution in [0.4, 0.5) is 0 Å². The summed E-state index contributed by atoms with van der Waals surface area (Å²) in [6, 6.07) is 0. The lowest BCUT2D eigenvalue weighted by Crippen LogP contribution is -2.24. The maximum atomic E-state index is 11.2. The Bertz CT molecular complexity index is 236. The first-order valence-corrected chi connectivity index (χ1v) is 3.62. The summed E-state index contributed by atoms with van der Waals surface area (Å²) in [5.41, 5.74) is 0. The Morgan fingerprint density at radius 1 is 1.82 bits per heavy atom. The summed E-state index contributed by atoms with van der Waals surface area (Å²) in [4.78, 5) is 16.3. The third kappa shape index (κ3) is 1.72. The van der Waals surface area contributed by atoms with Crippen molar-refractivity contribution in [3.8, 4) is 0 Å². The largest absolute Gasteiger partial charge is 0.290 e. The minimum atomic E-state index is -0.234. The van der Waals surface area contributed by atoms with Crippen LogP contribution in [0.5, 0.6) is 0 Å².